The lowest BCUT2D eigenvalue weighted by atomic mass is 9.68. The Balaban J connectivity index is 1.37. The van der Waals surface area contributed by atoms with Gasteiger partial charge in [0.05, 0.1) is 11.0 Å². The largest absolute Gasteiger partial charge is 0.357 e. The van der Waals surface area contributed by atoms with Crippen molar-refractivity contribution < 1.29 is 4.79 Å². The third kappa shape index (κ3) is 3.77. The number of carbonyl (C=O) groups is 1. The van der Waals surface area contributed by atoms with Crippen molar-refractivity contribution in [2.75, 3.05) is 11.9 Å². The summed E-state index contributed by atoms with van der Waals surface area (Å²) in [5, 5.41) is 2.91. The van der Waals surface area contributed by atoms with Gasteiger partial charge in [-0.25, -0.2) is 9.78 Å². The van der Waals surface area contributed by atoms with Crippen molar-refractivity contribution in [1.29, 1.82) is 0 Å². The second kappa shape index (κ2) is 7.06. The van der Waals surface area contributed by atoms with Crippen molar-refractivity contribution in [3.05, 3.63) is 58.1 Å². The molecule has 0 atom stereocenters. The molecule has 0 spiro atoms. The van der Waals surface area contributed by atoms with E-state index in [1.807, 2.05) is 18.3 Å². The third-order valence-corrected chi connectivity index (χ3v) is 5.91. The summed E-state index contributed by atoms with van der Waals surface area (Å²) in [5.41, 5.74) is 3.11. The highest BCUT2D eigenvalue weighted by Crippen LogP contribution is 2.43. The van der Waals surface area contributed by atoms with E-state index in [4.69, 9.17) is 0 Å². The zero-order valence-electron chi connectivity index (χ0n) is 17.3. The van der Waals surface area contributed by atoms with Crippen LogP contribution in [0.15, 0.2) is 41.3 Å². The van der Waals surface area contributed by atoms with Crippen molar-refractivity contribution in [2.45, 2.75) is 39.3 Å². The highest BCUT2D eigenvalue weighted by Gasteiger charge is 2.38. The van der Waals surface area contributed by atoms with E-state index in [9.17, 15) is 9.59 Å². The molecule has 2 heterocycles. The standard InChI is InChI=1S/C22H27N5O2/c1-22(2)10-16(11-22)26(3)19-8-5-14(12-23-19)13-24-20(28)15-6-7-18-17(9-15)25-21(29)27(18)4/h5-9,12,16H,10-11,13H2,1-4H3,(H,24,28)(H,25,29). The number of aryl methyl sites for hydroxylation is 1. The summed E-state index contributed by atoms with van der Waals surface area (Å²) in [4.78, 5) is 33.7. The van der Waals surface area contributed by atoms with E-state index in [1.165, 1.54) is 17.4 Å². The molecule has 1 aliphatic carbocycles. The molecule has 4 rings (SSSR count). The topological polar surface area (TPSA) is 83.0 Å². The quantitative estimate of drug-likeness (QED) is 0.698. The van der Waals surface area contributed by atoms with Crippen LogP contribution in [0.3, 0.4) is 0 Å². The van der Waals surface area contributed by atoms with Crippen LogP contribution >= 0.6 is 0 Å². The molecule has 2 aromatic heterocycles. The summed E-state index contributed by atoms with van der Waals surface area (Å²) in [5.74, 6) is 0.772. The van der Waals surface area contributed by atoms with E-state index in [1.54, 1.807) is 25.2 Å². The Hall–Kier alpha value is -3.09. The minimum atomic E-state index is -0.195. The van der Waals surface area contributed by atoms with Gasteiger partial charge in [-0.05, 0) is 48.1 Å². The van der Waals surface area contributed by atoms with E-state index < -0.39 is 0 Å². The summed E-state index contributed by atoms with van der Waals surface area (Å²) >= 11 is 0. The Bertz CT molecular complexity index is 1100. The summed E-state index contributed by atoms with van der Waals surface area (Å²) in [7, 11) is 3.79. The molecule has 29 heavy (non-hydrogen) atoms. The number of fused-ring (bicyclic) bond motifs is 1. The average Bonchev–Trinajstić information content (AvgIpc) is 2.97. The Kier molecular flexibility index (Phi) is 4.68. The number of nitrogens with zero attached hydrogens (tertiary/aromatic N) is 3. The van der Waals surface area contributed by atoms with E-state index in [0.717, 1.165) is 16.9 Å². The number of hydrogen-bond acceptors (Lipinski definition) is 4. The highest BCUT2D eigenvalue weighted by molar-refractivity contribution is 5.97. The number of imidazole rings is 1. The lowest BCUT2D eigenvalue weighted by molar-refractivity contribution is 0.0951. The number of hydrogen-bond donors (Lipinski definition) is 2. The van der Waals surface area contributed by atoms with Gasteiger partial charge in [0.25, 0.3) is 5.91 Å². The monoisotopic (exact) mass is 393 g/mol. The molecule has 1 aliphatic rings. The minimum Gasteiger partial charge on any atom is -0.357 e. The zero-order valence-corrected chi connectivity index (χ0v) is 17.3. The fourth-order valence-electron chi connectivity index (χ4n) is 4.07. The molecular weight excluding hydrogens is 366 g/mol. The fraction of sp³-hybridized carbons (Fsp3) is 0.409. The lowest BCUT2D eigenvalue weighted by Crippen LogP contribution is -2.47. The van der Waals surface area contributed by atoms with Gasteiger partial charge in [0, 0.05) is 38.4 Å². The number of amides is 1. The van der Waals surface area contributed by atoms with E-state index in [0.29, 0.717) is 29.1 Å². The number of pyridine rings is 1. The Morgan fingerprint density at radius 1 is 1.31 bits per heavy atom. The molecule has 0 saturated heterocycles. The van der Waals surface area contributed by atoms with Crippen LogP contribution in [0.5, 0.6) is 0 Å². The Morgan fingerprint density at radius 3 is 2.72 bits per heavy atom. The van der Waals surface area contributed by atoms with E-state index >= 15 is 0 Å². The van der Waals surface area contributed by atoms with Crippen LogP contribution in [-0.2, 0) is 13.6 Å². The molecule has 1 aromatic carbocycles. The highest BCUT2D eigenvalue weighted by atomic mass is 16.2. The van der Waals surface area contributed by atoms with Gasteiger partial charge in [-0.3, -0.25) is 9.36 Å². The van der Waals surface area contributed by atoms with Crippen molar-refractivity contribution in [3.8, 4) is 0 Å². The van der Waals surface area contributed by atoms with Gasteiger partial charge in [0.2, 0.25) is 0 Å². The smallest absolute Gasteiger partial charge is 0.326 e. The molecule has 3 aromatic rings. The van der Waals surface area contributed by atoms with Gasteiger partial charge >= 0.3 is 5.69 Å². The normalized spacial score (nSPS) is 15.9. The molecular formula is C22H27N5O2. The van der Waals surface area contributed by atoms with Crippen molar-refractivity contribution in [2.24, 2.45) is 12.5 Å². The Morgan fingerprint density at radius 2 is 2.07 bits per heavy atom. The van der Waals surface area contributed by atoms with Crippen LogP contribution in [0, 0.1) is 5.41 Å². The van der Waals surface area contributed by atoms with Gasteiger partial charge < -0.3 is 15.2 Å². The predicted molar refractivity (Wildman–Crippen MR) is 114 cm³/mol. The number of aromatic amines is 1. The molecule has 1 saturated carbocycles. The van der Waals surface area contributed by atoms with E-state index in [-0.39, 0.29) is 11.6 Å². The molecule has 1 fully saturated rings. The van der Waals surface area contributed by atoms with Crippen LogP contribution in [0.2, 0.25) is 0 Å². The first kappa shape index (κ1) is 19.2. The first-order valence-corrected chi connectivity index (χ1v) is 9.88. The van der Waals surface area contributed by atoms with Gasteiger partial charge in [0.1, 0.15) is 5.82 Å². The average molecular weight is 393 g/mol. The van der Waals surface area contributed by atoms with Crippen molar-refractivity contribution in [1.82, 2.24) is 19.9 Å². The van der Waals surface area contributed by atoms with Gasteiger partial charge in [0.15, 0.2) is 0 Å². The maximum atomic E-state index is 12.5. The van der Waals surface area contributed by atoms with Gasteiger partial charge in [-0.2, -0.15) is 0 Å². The number of H-pyrrole nitrogens is 1. The molecule has 0 unspecified atom stereocenters. The number of rotatable bonds is 5. The summed E-state index contributed by atoms with van der Waals surface area (Å²) in [6.07, 6.45) is 4.17. The van der Waals surface area contributed by atoms with E-state index in [2.05, 4.69) is 41.1 Å². The summed E-state index contributed by atoms with van der Waals surface area (Å²) in [6.45, 7) is 4.99. The maximum Gasteiger partial charge on any atom is 0.326 e. The van der Waals surface area contributed by atoms with Crippen LogP contribution in [0.25, 0.3) is 11.0 Å². The second-order valence-corrected chi connectivity index (χ2v) is 8.77. The minimum absolute atomic E-state index is 0.186. The SMILES string of the molecule is CN(c1ccc(CNC(=O)c2ccc3c(c2)[nH]c(=O)n3C)cn1)C1CC(C)(C)C1. The number of anilines is 1. The predicted octanol–water partition coefficient (Wildman–Crippen LogP) is 2.82. The van der Waals surface area contributed by atoms with Crippen LogP contribution in [-0.4, -0.2) is 33.5 Å². The van der Waals surface area contributed by atoms with Gasteiger partial charge in [-0.1, -0.05) is 19.9 Å². The molecule has 7 nitrogen and oxygen atoms in total. The van der Waals surface area contributed by atoms with Crippen LogP contribution in [0.4, 0.5) is 5.82 Å². The van der Waals surface area contributed by atoms with Crippen molar-refractivity contribution >= 4 is 22.8 Å². The molecule has 7 heteroatoms. The zero-order chi connectivity index (χ0) is 20.8. The van der Waals surface area contributed by atoms with Crippen molar-refractivity contribution in [3.63, 3.8) is 0 Å². The Labute approximate surface area is 169 Å². The first-order valence-electron chi connectivity index (χ1n) is 9.88. The molecule has 2 N–H and O–H groups in total. The van der Waals surface area contributed by atoms with Crippen LogP contribution < -0.4 is 15.9 Å². The number of benzene rings is 1. The molecule has 0 radical (unpaired) electrons. The number of aromatic nitrogens is 3. The number of nitrogens with one attached hydrogen (secondary N) is 2. The van der Waals surface area contributed by atoms with Crippen LogP contribution in [0.1, 0.15) is 42.6 Å². The molecule has 1 amide bonds. The summed E-state index contributed by atoms with van der Waals surface area (Å²) < 4.78 is 1.52. The maximum absolute atomic E-state index is 12.5. The molecule has 0 aliphatic heterocycles. The number of carbonyl (C=O) groups excluding carboxylic acids is 1. The third-order valence-electron chi connectivity index (χ3n) is 5.91. The molecule has 0 bridgehead atoms. The summed E-state index contributed by atoms with van der Waals surface area (Å²) in [6, 6.07) is 9.75. The first-order chi connectivity index (χ1) is 13.7. The van der Waals surface area contributed by atoms with Gasteiger partial charge in [-0.15, -0.1) is 0 Å². The second-order valence-electron chi connectivity index (χ2n) is 8.77. The molecule has 152 valence electrons. The fourth-order valence-corrected chi connectivity index (χ4v) is 4.07. The lowest BCUT2D eigenvalue weighted by Gasteiger charge is -2.47.